The predicted molar refractivity (Wildman–Crippen MR) is 63.7 cm³/mol. The van der Waals surface area contributed by atoms with Crippen LogP contribution in [-0.4, -0.2) is 47.9 Å². The van der Waals surface area contributed by atoms with E-state index < -0.39 is 5.60 Å². The first-order chi connectivity index (χ1) is 7.88. The van der Waals surface area contributed by atoms with Gasteiger partial charge in [-0.2, -0.15) is 0 Å². The van der Waals surface area contributed by atoms with Gasteiger partial charge in [-0.3, -0.25) is 0 Å². The third kappa shape index (κ3) is 2.72. The maximum Gasteiger partial charge on any atom is 0.410 e. The lowest BCUT2D eigenvalue weighted by molar-refractivity contribution is -0.0264. The monoisotopic (exact) mass is 242 g/mol. The van der Waals surface area contributed by atoms with E-state index in [0.717, 1.165) is 19.4 Å². The highest BCUT2D eigenvalue weighted by Crippen LogP contribution is 2.29. The van der Waals surface area contributed by atoms with Gasteiger partial charge in [0.1, 0.15) is 5.60 Å². The molecule has 0 bridgehead atoms. The highest BCUT2D eigenvalue weighted by molar-refractivity contribution is 5.69. The molecule has 5 heteroatoms. The van der Waals surface area contributed by atoms with Crippen LogP contribution in [0, 0.1) is 0 Å². The molecule has 0 aromatic rings. The smallest absolute Gasteiger partial charge is 0.410 e. The molecule has 0 unspecified atom stereocenters. The summed E-state index contributed by atoms with van der Waals surface area (Å²) < 4.78 is 11.0. The van der Waals surface area contributed by atoms with Crippen molar-refractivity contribution < 1.29 is 14.3 Å². The molecule has 17 heavy (non-hydrogen) atoms. The van der Waals surface area contributed by atoms with Crippen LogP contribution in [0.1, 0.15) is 33.6 Å². The molecular weight excluding hydrogens is 220 g/mol. The standard InChI is InChI=1S/C12H22N2O3/c1-12(2,3)17-11(15)14-7-8(13)10-9(14)5-4-6-16-10/h8-10H,4-7,13H2,1-3H3/t8-,9+,10+/m0/s1. The van der Waals surface area contributed by atoms with E-state index in [9.17, 15) is 4.79 Å². The first-order valence-electron chi connectivity index (χ1n) is 6.25. The number of nitrogens with zero attached hydrogens (tertiary/aromatic N) is 1. The van der Waals surface area contributed by atoms with Gasteiger partial charge in [0, 0.05) is 13.2 Å². The van der Waals surface area contributed by atoms with Gasteiger partial charge in [-0.05, 0) is 33.6 Å². The Labute approximate surface area is 102 Å². The molecule has 2 aliphatic rings. The zero-order chi connectivity index (χ0) is 12.6. The second kappa shape index (κ2) is 4.46. The van der Waals surface area contributed by atoms with E-state index in [4.69, 9.17) is 15.2 Å². The summed E-state index contributed by atoms with van der Waals surface area (Å²) in [6, 6.07) is 0.00131. The summed E-state index contributed by atoms with van der Waals surface area (Å²) in [5.74, 6) is 0. The minimum absolute atomic E-state index is 0.0173. The highest BCUT2D eigenvalue weighted by atomic mass is 16.6. The van der Waals surface area contributed by atoms with Gasteiger partial charge in [0.2, 0.25) is 0 Å². The van der Waals surface area contributed by atoms with Crippen LogP contribution in [0.2, 0.25) is 0 Å². The number of hydrogen-bond acceptors (Lipinski definition) is 4. The molecule has 1 amide bonds. The molecule has 0 aromatic carbocycles. The van der Waals surface area contributed by atoms with Gasteiger partial charge in [0.15, 0.2) is 0 Å². The summed E-state index contributed by atoms with van der Waals surface area (Å²) in [6.45, 7) is 6.89. The van der Waals surface area contributed by atoms with Gasteiger partial charge in [0.05, 0.1) is 18.2 Å². The minimum Gasteiger partial charge on any atom is -0.444 e. The summed E-state index contributed by atoms with van der Waals surface area (Å²) >= 11 is 0. The summed E-state index contributed by atoms with van der Waals surface area (Å²) in [7, 11) is 0. The van der Waals surface area contributed by atoms with Crippen LogP contribution in [0.15, 0.2) is 0 Å². The average Bonchev–Trinajstić information content (AvgIpc) is 2.55. The van der Waals surface area contributed by atoms with Crippen LogP contribution >= 0.6 is 0 Å². The minimum atomic E-state index is -0.464. The maximum absolute atomic E-state index is 12.1. The van der Waals surface area contributed by atoms with Crippen LogP contribution in [0.4, 0.5) is 4.79 Å². The molecule has 0 aromatic heterocycles. The summed E-state index contributed by atoms with van der Waals surface area (Å²) in [5.41, 5.74) is 5.54. The Morgan fingerprint density at radius 1 is 1.47 bits per heavy atom. The van der Waals surface area contributed by atoms with Crippen molar-refractivity contribution in [2.45, 2.75) is 57.4 Å². The normalized spacial score (nSPS) is 33.4. The number of hydrogen-bond donors (Lipinski definition) is 1. The molecule has 2 aliphatic heterocycles. The molecule has 0 saturated carbocycles. The molecule has 2 saturated heterocycles. The lowest BCUT2D eigenvalue weighted by Crippen LogP contribution is -2.46. The predicted octanol–water partition coefficient (Wildman–Crippen LogP) is 1.11. The largest absolute Gasteiger partial charge is 0.444 e. The molecule has 0 aliphatic carbocycles. The van der Waals surface area contributed by atoms with Crippen LogP contribution in [0.5, 0.6) is 0 Å². The van der Waals surface area contributed by atoms with E-state index in [2.05, 4.69) is 0 Å². The number of rotatable bonds is 0. The molecule has 2 N–H and O–H groups in total. The third-order valence-corrected chi connectivity index (χ3v) is 3.19. The molecule has 0 radical (unpaired) electrons. The lowest BCUT2D eigenvalue weighted by atomic mass is 10.0. The van der Waals surface area contributed by atoms with E-state index in [1.807, 2.05) is 20.8 Å². The van der Waals surface area contributed by atoms with Gasteiger partial charge in [-0.1, -0.05) is 0 Å². The number of carbonyl (C=O) groups excluding carboxylic acids is 1. The number of fused-ring (bicyclic) bond motifs is 1. The quantitative estimate of drug-likeness (QED) is 0.691. The lowest BCUT2D eigenvalue weighted by Gasteiger charge is -2.33. The number of nitrogens with two attached hydrogens (primary N) is 1. The van der Waals surface area contributed by atoms with E-state index >= 15 is 0 Å². The molecule has 98 valence electrons. The molecule has 2 fully saturated rings. The molecule has 2 rings (SSSR count). The fourth-order valence-electron chi connectivity index (χ4n) is 2.53. The van der Waals surface area contributed by atoms with E-state index in [-0.39, 0.29) is 24.3 Å². The van der Waals surface area contributed by atoms with Crippen molar-refractivity contribution in [1.82, 2.24) is 4.90 Å². The van der Waals surface area contributed by atoms with Crippen molar-refractivity contribution in [3.05, 3.63) is 0 Å². The third-order valence-electron chi connectivity index (χ3n) is 3.19. The van der Waals surface area contributed by atoms with Crippen LogP contribution in [0.3, 0.4) is 0 Å². The van der Waals surface area contributed by atoms with Crippen LogP contribution < -0.4 is 5.73 Å². The first-order valence-corrected chi connectivity index (χ1v) is 6.25. The Balaban J connectivity index is 2.04. The topological polar surface area (TPSA) is 64.8 Å². The van der Waals surface area contributed by atoms with Crippen molar-refractivity contribution in [2.24, 2.45) is 5.73 Å². The number of amides is 1. The van der Waals surface area contributed by atoms with Crippen molar-refractivity contribution in [2.75, 3.05) is 13.2 Å². The molecule has 2 heterocycles. The van der Waals surface area contributed by atoms with Crippen LogP contribution in [0.25, 0.3) is 0 Å². The Morgan fingerprint density at radius 2 is 2.18 bits per heavy atom. The van der Waals surface area contributed by atoms with Crippen molar-refractivity contribution >= 4 is 6.09 Å². The fourth-order valence-corrected chi connectivity index (χ4v) is 2.53. The number of carbonyl (C=O) groups is 1. The van der Waals surface area contributed by atoms with Crippen molar-refractivity contribution in [3.63, 3.8) is 0 Å². The SMILES string of the molecule is CC(C)(C)OC(=O)N1C[C@H](N)[C@H]2OCCC[C@H]21. The second-order valence-electron chi connectivity index (χ2n) is 5.84. The summed E-state index contributed by atoms with van der Waals surface area (Å²) in [5, 5.41) is 0. The second-order valence-corrected chi connectivity index (χ2v) is 5.84. The average molecular weight is 242 g/mol. The van der Waals surface area contributed by atoms with E-state index in [1.54, 1.807) is 4.90 Å². The Hall–Kier alpha value is -0.810. The zero-order valence-electron chi connectivity index (χ0n) is 10.8. The molecule has 5 nitrogen and oxygen atoms in total. The Morgan fingerprint density at radius 3 is 2.82 bits per heavy atom. The van der Waals surface area contributed by atoms with Gasteiger partial charge < -0.3 is 20.1 Å². The summed E-state index contributed by atoms with van der Waals surface area (Å²) in [4.78, 5) is 13.8. The number of ether oxygens (including phenoxy) is 2. The van der Waals surface area contributed by atoms with Gasteiger partial charge in [-0.15, -0.1) is 0 Å². The fraction of sp³-hybridized carbons (Fsp3) is 0.917. The van der Waals surface area contributed by atoms with Gasteiger partial charge in [0.25, 0.3) is 0 Å². The van der Waals surface area contributed by atoms with Crippen LogP contribution in [-0.2, 0) is 9.47 Å². The molecular formula is C12H22N2O3. The maximum atomic E-state index is 12.1. The van der Waals surface area contributed by atoms with E-state index in [0.29, 0.717) is 6.54 Å². The molecule has 3 atom stereocenters. The number of likely N-dealkylation sites (tertiary alicyclic amines) is 1. The molecule has 0 spiro atoms. The highest BCUT2D eigenvalue weighted by Gasteiger charge is 2.45. The van der Waals surface area contributed by atoms with Crippen molar-refractivity contribution in [3.8, 4) is 0 Å². The summed E-state index contributed by atoms with van der Waals surface area (Å²) in [6.07, 6.45) is 1.65. The first kappa shape index (κ1) is 12.6. The van der Waals surface area contributed by atoms with Gasteiger partial charge >= 0.3 is 6.09 Å². The van der Waals surface area contributed by atoms with Crippen molar-refractivity contribution in [1.29, 1.82) is 0 Å². The Bertz CT molecular complexity index is 301. The van der Waals surface area contributed by atoms with E-state index in [1.165, 1.54) is 0 Å². The van der Waals surface area contributed by atoms with Gasteiger partial charge in [-0.25, -0.2) is 4.79 Å². The zero-order valence-corrected chi connectivity index (χ0v) is 10.8. The Kier molecular flexibility index (Phi) is 3.32.